The summed E-state index contributed by atoms with van der Waals surface area (Å²) in [7, 11) is -4.25. The van der Waals surface area contributed by atoms with Crippen LogP contribution in [0.2, 0.25) is 5.02 Å². The molecule has 1 fully saturated rings. The molecule has 1 aliphatic rings. The van der Waals surface area contributed by atoms with E-state index in [-0.39, 0.29) is 12.6 Å². The number of nitrogens with zero attached hydrogens (tertiary/aromatic N) is 6. The van der Waals surface area contributed by atoms with E-state index >= 15 is 0 Å². The quantitative estimate of drug-likeness (QED) is 0.386. The summed E-state index contributed by atoms with van der Waals surface area (Å²) in [5.74, 6) is 0. The second-order valence-corrected chi connectivity index (χ2v) is 10.9. The molecule has 1 aromatic carbocycles. The molecule has 30 heavy (non-hydrogen) atoms. The normalized spacial score (nSPS) is 15.7. The summed E-state index contributed by atoms with van der Waals surface area (Å²) in [5.41, 5.74) is 0.828. The standard InChI is InChI=1S/C16H21ClN6O5S2/c1-21(2)30(26,27)23-11-18-16(19-23)29(24,25)22(12-8-9-12)10-15(20-28-3)13-6-4-5-7-14(13)17/h4-7,11-12H,8-10H2,1-3H3/b20-15+. The highest BCUT2D eigenvalue weighted by molar-refractivity contribution is 7.89. The van der Waals surface area contributed by atoms with Crippen LogP contribution in [0.25, 0.3) is 0 Å². The molecular weight excluding hydrogens is 456 g/mol. The van der Waals surface area contributed by atoms with Crippen LogP contribution in [0, 0.1) is 0 Å². The smallest absolute Gasteiger partial charge is 0.323 e. The molecule has 0 amide bonds. The molecule has 11 nitrogen and oxygen atoms in total. The third-order valence-electron chi connectivity index (χ3n) is 4.33. The van der Waals surface area contributed by atoms with Gasteiger partial charge in [0.2, 0.25) is 0 Å². The minimum absolute atomic E-state index is 0.139. The highest BCUT2D eigenvalue weighted by Crippen LogP contribution is 2.32. The van der Waals surface area contributed by atoms with Gasteiger partial charge in [-0.2, -0.15) is 17.0 Å². The number of benzene rings is 1. The largest absolute Gasteiger partial charge is 0.399 e. The number of rotatable bonds is 9. The first-order valence-electron chi connectivity index (χ1n) is 8.80. The maximum Gasteiger partial charge on any atom is 0.323 e. The van der Waals surface area contributed by atoms with Gasteiger partial charge in [-0.05, 0) is 18.9 Å². The first-order chi connectivity index (χ1) is 14.1. The summed E-state index contributed by atoms with van der Waals surface area (Å²) in [6, 6.07) is 6.57. The maximum absolute atomic E-state index is 13.2. The van der Waals surface area contributed by atoms with Crippen LogP contribution in [-0.2, 0) is 25.1 Å². The monoisotopic (exact) mass is 476 g/mol. The molecular formula is C16H21ClN6O5S2. The minimum Gasteiger partial charge on any atom is -0.399 e. The lowest BCUT2D eigenvalue weighted by Gasteiger charge is -2.21. The molecule has 0 spiro atoms. The predicted molar refractivity (Wildman–Crippen MR) is 110 cm³/mol. The number of halogens is 1. The lowest BCUT2D eigenvalue weighted by Crippen LogP contribution is -2.38. The molecule has 0 N–H and O–H groups in total. The molecule has 1 heterocycles. The van der Waals surface area contributed by atoms with Gasteiger partial charge in [-0.25, -0.2) is 13.4 Å². The molecule has 164 valence electrons. The van der Waals surface area contributed by atoms with Crippen LogP contribution in [0.3, 0.4) is 0 Å². The van der Waals surface area contributed by atoms with Crippen LogP contribution in [0.4, 0.5) is 0 Å². The number of hydrogen-bond acceptors (Lipinski definition) is 8. The Bertz CT molecular complexity index is 1160. The second kappa shape index (κ2) is 8.59. The highest BCUT2D eigenvalue weighted by atomic mass is 35.5. The van der Waals surface area contributed by atoms with Gasteiger partial charge in [0.05, 0.1) is 6.54 Å². The fourth-order valence-corrected chi connectivity index (χ4v) is 5.08. The van der Waals surface area contributed by atoms with Crippen molar-refractivity contribution in [2.75, 3.05) is 27.7 Å². The summed E-state index contributed by atoms with van der Waals surface area (Å²) in [6.07, 6.45) is 2.16. The maximum atomic E-state index is 13.2. The van der Waals surface area contributed by atoms with E-state index in [0.29, 0.717) is 33.2 Å². The zero-order valence-electron chi connectivity index (χ0n) is 16.5. The fourth-order valence-electron chi connectivity index (χ4n) is 2.63. The van der Waals surface area contributed by atoms with Crippen LogP contribution < -0.4 is 0 Å². The van der Waals surface area contributed by atoms with Crippen LogP contribution in [0.15, 0.2) is 40.9 Å². The zero-order valence-corrected chi connectivity index (χ0v) is 18.9. The summed E-state index contributed by atoms with van der Waals surface area (Å²) >= 11 is 6.24. The third kappa shape index (κ3) is 4.49. The summed E-state index contributed by atoms with van der Waals surface area (Å²) < 4.78 is 53.5. The molecule has 14 heteroatoms. The Hall–Kier alpha value is -2.06. The van der Waals surface area contributed by atoms with Crippen molar-refractivity contribution in [3.8, 4) is 0 Å². The molecule has 1 aliphatic carbocycles. The van der Waals surface area contributed by atoms with Crippen molar-refractivity contribution < 1.29 is 21.7 Å². The zero-order chi connectivity index (χ0) is 22.1. The van der Waals surface area contributed by atoms with Crippen molar-refractivity contribution in [1.82, 2.24) is 22.8 Å². The van der Waals surface area contributed by atoms with Crippen molar-refractivity contribution >= 4 is 37.5 Å². The summed E-state index contributed by atoms with van der Waals surface area (Å²) in [4.78, 5) is 8.63. The Kier molecular flexibility index (Phi) is 6.48. The molecule has 1 aromatic heterocycles. The summed E-state index contributed by atoms with van der Waals surface area (Å²) in [5, 5.41) is 7.43. The van der Waals surface area contributed by atoms with Crippen LogP contribution in [-0.4, -0.2) is 79.1 Å². The van der Waals surface area contributed by atoms with E-state index < -0.39 is 25.4 Å². The average Bonchev–Trinajstić information content (AvgIpc) is 3.38. The van der Waals surface area contributed by atoms with Gasteiger partial charge in [0, 0.05) is 30.7 Å². The van der Waals surface area contributed by atoms with E-state index in [2.05, 4.69) is 15.2 Å². The molecule has 3 rings (SSSR count). The van der Waals surface area contributed by atoms with Crippen LogP contribution in [0.5, 0.6) is 0 Å². The van der Waals surface area contributed by atoms with Gasteiger partial charge in [-0.15, -0.1) is 9.19 Å². The number of hydrogen-bond donors (Lipinski definition) is 0. The van der Waals surface area contributed by atoms with E-state index in [0.717, 1.165) is 10.6 Å². The van der Waals surface area contributed by atoms with Gasteiger partial charge in [-0.1, -0.05) is 35.0 Å². The van der Waals surface area contributed by atoms with E-state index in [1.807, 2.05) is 0 Å². The molecule has 0 radical (unpaired) electrons. The Morgan fingerprint density at radius 3 is 2.50 bits per heavy atom. The fraction of sp³-hybridized carbons (Fsp3) is 0.438. The van der Waals surface area contributed by atoms with Crippen LogP contribution in [0.1, 0.15) is 18.4 Å². The van der Waals surface area contributed by atoms with Gasteiger partial charge in [0.25, 0.3) is 15.2 Å². The Balaban J connectivity index is 1.97. The van der Waals surface area contributed by atoms with Gasteiger partial charge in [0.15, 0.2) is 0 Å². The van der Waals surface area contributed by atoms with E-state index in [1.165, 1.54) is 25.5 Å². The van der Waals surface area contributed by atoms with Crippen molar-refractivity contribution in [2.45, 2.75) is 24.0 Å². The third-order valence-corrected chi connectivity index (χ3v) is 7.93. The Morgan fingerprint density at radius 1 is 1.27 bits per heavy atom. The van der Waals surface area contributed by atoms with E-state index in [9.17, 15) is 16.8 Å². The molecule has 0 bridgehead atoms. The first-order valence-corrected chi connectivity index (χ1v) is 12.0. The van der Waals surface area contributed by atoms with Gasteiger partial charge in [0.1, 0.15) is 19.1 Å². The van der Waals surface area contributed by atoms with Gasteiger partial charge < -0.3 is 4.84 Å². The molecule has 0 unspecified atom stereocenters. The Labute approximate surface area is 180 Å². The van der Waals surface area contributed by atoms with E-state index in [4.69, 9.17) is 16.4 Å². The number of aromatic nitrogens is 3. The Morgan fingerprint density at radius 2 is 1.93 bits per heavy atom. The topological polar surface area (TPSA) is 127 Å². The molecule has 2 aromatic rings. The first kappa shape index (κ1) is 22.6. The van der Waals surface area contributed by atoms with Crippen molar-refractivity contribution in [3.05, 3.63) is 41.2 Å². The van der Waals surface area contributed by atoms with Crippen molar-refractivity contribution in [1.29, 1.82) is 0 Å². The molecule has 1 saturated carbocycles. The summed E-state index contributed by atoms with van der Waals surface area (Å²) in [6.45, 7) is -0.139. The second-order valence-electron chi connectivity index (χ2n) is 6.67. The van der Waals surface area contributed by atoms with Crippen molar-refractivity contribution in [3.63, 3.8) is 0 Å². The van der Waals surface area contributed by atoms with Crippen LogP contribution >= 0.6 is 11.6 Å². The molecule has 0 saturated heterocycles. The lowest BCUT2D eigenvalue weighted by atomic mass is 10.1. The van der Waals surface area contributed by atoms with E-state index in [1.54, 1.807) is 24.3 Å². The molecule has 0 atom stereocenters. The number of sulfonamides is 1. The lowest BCUT2D eigenvalue weighted by molar-refractivity contribution is 0.212. The SMILES string of the molecule is CO/N=C(\CN(C1CC1)S(=O)(=O)c1ncn(S(=O)(=O)N(C)C)n1)c1ccccc1Cl. The average molecular weight is 477 g/mol. The van der Waals surface area contributed by atoms with Gasteiger partial charge in [-0.3, -0.25) is 0 Å². The van der Waals surface area contributed by atoms with Gasteiger partial charge >= 0.3 is 10.2 Å². The minimum atomic E-state index is -4.21. The highest BCUT2D eigenvalue weighted by Gasteiger charge is 2.41. The predicted octanol–water partition coefficient (Wildman–Crippen LogP) is 0.790. The number of oxime groups is 1. The van der Waals surface area contributed by atoms with Crippen molar-refractivity contribution in [2.24, 2.45) is 5.16 Å². The molecule has 0 aliphatic heterocycles.